The average molecular weight is 125 g/mol. The summed E-state index contributed by atoms with van der Waals surface area (Å²) in [6.07, 6.45) is 0. The molecule has 0 aromatic carbocycles. The lowest BCUT2D eigenvalue weighted by atomic mass is 10.1. The average Bonchev–Trinajstić information content (AvgIpc) is 2.15. The zero-order valence-electron chi connectivity index (χ0n) is 5.76. The van der Waals surface area contributed by atoms with Gasteiger partial charge in [0.25, 0.3) is 0 Å². The fourth-order valence-electron chi connectivity index (χ4n) is 0.980. The van der Waals surface area contributed by atoms with Crippen molar-refractivity contribution in [1.29, 1.82) is 5.26 Å². The minimum Gasteiger partial charge on any atom is -0.254 e. The van der Waals surface area contributed by atoms with Crippen LogP contribution in [0.2, 0.25) is 0 Å². The molecule has 1 rings (SSSR count). The summed E-state index contributed by atoms with van der Waals surface area (Å²) in [5, 5.41) is 10.5. The smallest absolute Gasteiger partial charge is 0.0768 e. The van der Waals surface area contributed by atoms with E-state index in [0.29, 0.717) is 6.04 Å². The van der Waals surface area contributed by atoms with Crippen LogP contribution in [0, 0.1) is 17.2 Å². The minimum absolute atomic E-state index is 0.162. The molecule has 50 valence electrons. The van der Waals surface area contributed by atoms with Gasteiger partial charge in [0, 0.05) is 19.6 Å². The summed E-state index contributed by atoms with van der Waals surface area (Å²) in [4.78, 5) is 0. The van der Waals surface area contributed by atoms with E-state index in [4.69, 9.17) is 5.26 Å². The highest BCUT2D eigenvalue weighted by molar-refractivity contribution is 4.94. The van der Waals surface area contributed by atoms with Crippen LogP contribution in [0.15, 0.2) is 0 Å². The highest BCUT2D eigenvalue weighted by Crippen LogP contribution is 2.11. The minimum atomic E-state index is 0.162. The summed E-state index contributed by atoms with van der Waals surface area (Å²) in [6.45, 7) is 2.85. The normalized spacial score (nSPS) is 36.6. The monoisotopic (exact) mass is 125 g/mol. The van der Waals surface area contributed by atoms with E-state index in [9.17, 15) is 0 Å². The molecule has 0 amide bonds. The Bertz CT molecular complexity index is 138. The van der Waals surface area contributed by atoms with E-state index >= 15 is 0 Å². The van der Waals surface area contributed by atoms with Gasteiger partial charge in [0.15, 0.2) is 0 Å². The number of hydrogen-bond donors (Lipinski definition) is 1. The SMILES string of the molecule is CC1C(C#N)CNN1C. The van der Waals surface area contributed by atoms with Gasteiger partial charge in [-0.2, -0.15) is 5.26 Å². The molecule has 0 radical (unpaired) electrons. The third-order valence-electron chi connectivity index (χ3n) is 1.92. The van der Waals surface area contributed by atoms with Crippen LogP contribution < -0.4 is 5.43 Å². The van der Waals surface area contributed by atoms with Crippen LogP contribution in [0.1, 0.15) is 6.92 Å². The Morgan fingerprint density at radius 3 is 2.67 bits per heavy atom. The van der Waals surface area contributed by atoms with Gasteiger partial charge in [0.05, 0.1) is 12.0 Å². The van der Waals surface area contributed by atoms with E-state index in [0.717, 1.165) is 6.54 Å². The third-order valence-corrected chi connectivity index (χ3v) is 1.92. The number of nitrogens with zero attached hydrogens (tertiary/aromatic N) is 2. The topological polar surface area (TPSA) is 39.1 Å². The number of nitrogens with one attached hydrogen (secondary N) is 1. The molecule has 1 saturated heterocycles. The standard InChI is InChI=1S/C6H11N3/c1-5-6(3-7)4-8-9(5)2/h5-6,8H,4H2,1-2H3. The first-order chi connectivity index (χ1) is 4.25. The van der Waals surface area contributed by atoms with Crippen molar-refractivity contribution in [1.82, 2.24) is 10.4 Å². The van der Waals surface area contributed by atoms with Crippen LogP contribution in [0.25, 0.3) is 0 Å². The molecule has 1 aliphatic rings. The van der Waals surface area contributed by atoms with Gasteiger partial charge in [0.1, 0.15) is 0 Å². The summed E-state index contributed by atoms with van der Waals surface area (Å²) in [5.41, 5.74) is 3.08. The summed E-state index contributed by atoms with van der Waals surface area (Å²) in [7, 11) is 1.96. The lowest BCUT2D eigenvalue weighted by molar-refractivity contribution is 0.243. The highest BCUT2D eigenvalue weighted by atomic mass is 15.5. The van der Waals surface area contributed by atoms with Gasteiger partial charge >= 0.3 is 0 Å². The Morgan fingerprint density at radius 1 is 1.78 bits per heavy atom. The predicted molar refractivity (Wildman–Crippen MR) is 34.3 cm³/mol. The van der Waals surface area contributed by atoms with Crippen LogP contribution in [-0.2, 0) is 0 Å². The molecular weight excluding hydrogens is 114 g/mol. The summed E-state index contributed by atoms with van der Waals surface area (Å²) < 4.78 is 0. The second-order valence-corrected chi connectivity index (χ2v) is 2.45. The molecule has 3 heteroatoms. The van der Waals surface area contributed by atoms with Crippen molar-refractivity contribution in [3.8, 4) is 6.07 Å². The zero-order valence-corrected chi connectivity index (χ0v) is 5.76. The third kappa shape index (κ3) is 1.04. The van der Waals surface area contributed by atoms with Crippen LogP contribution in [0.5, 0.6) is 0 Å². The second kappa shape index (κ2) is 2.34. The molecule has 0 aliphatic carbocycles. The van der Waals surface area contributed by atoms with E-state index in [1.54, 1.807) is 0 Å². The molecule has 1 fully saturated rings. The molecule has 0 aromatic heterocycles. The predicted octanol–water partition coefficient (Wildman–Crippen LogP) is -0.0353. The number of rotatable bonds is 0. The maximum Gasteiger partial charge on any atom is 0.0768 e. The zero-order chi connectivity index (χ0) is 6.85. The van der Waals surface area contributed by atoms with Crippen molar-refractivity contribution < 1.29 is 0 Å². The van der Waals surface area contributed by atoms with Gasteiger partial charge in [-0.3, -0.25) is 5.43 Å². The largest absolute Gasteiger partial charge is 0.254 e. The summed E-state index contributed by atoms with van der Waals surface area (Å²) in [5.74, 6) is 0.162. The second-order valence-electron chi connectivity index (χ2n) is 2.45. The van der Waals surface area contributed by atoms with Gasteiger partial charge < -0.3 is 0 Å². The maximum absolute atomic E-state index is 8.54. The van der Waals surface area contributed by atoms with E-state index < -0.39 is 0 Å². The van der Waals surface area contributed by atoms with Gasteiger partial charge in [0.2, 0.25) is 0 Å². The van der Waals surface area contributed by atoms with E-state index in [1.165, 1.54) is 0 Å². The fraction of sp³-hybridized carbons (Fsp3) is 0.833. The molecule has 0 aromatic rings. The molecule has 3 nitrogen and oxygen atoms in total. The Labute approximate surface area is 55.2 Å². The first kappa shape index (κ1) is 6.53. The molecule has 2 atom stereocenters. The van der Waals surface area contributed by atoms with Gasteiger partial charge in [-0.25, -0.2) is 5.01 Å². The Kier molecular flexibility index (Phi) is 1.70. The van der Waals surface area contributed by atoms with Gasteiger partial charge in [-0.15, -0.1) is 0 Å². The van der Waals surface area contributed by atoms with Gasteiger partial charge in [-0.05, 0) is 6.92 Å². The van der Waals surface area contributed by atoms with Crippen LogP contribution in [0.4, 0.5) is 0 Å². The van der Waals surface area contributed by atoms with Crippen molar-refractivity contribution in [3.63, 3.8) is 0 Å². The molecule has 1 N–H and O–H groups in total. The molecule has 0 bridgehead atoms. The Balaban J connectivity index is 2.54. The van der Waals surface area contributed by atoms with E-state index in [-0.39, 0.29) is 5.92 Å². The Hall–Kier alpha value is -0.590. The summed E-state index contributed by atoms with van der Waals surface area (Å²) >= 11 is 0. The first-order valence-electron chi connectivity index (χ1n) is 3.11. The van der Waals surface area contributed by atoms with Crippen LogP contribution in [0.3, 0.4) is 0 Å². The maximum atomic E-state index is 8.54. The molecule has 1 heterocycles. The molecule has 2 unspecified atom stereocenters. The fourth-order valence-corrected chi connectivity index (χ4v) is 0.980. The van der Waals surface area contributed by atoms with Gasteiger partial charge in [-0.1, -0.05) is 0 Å². The molecule has 0 saturated carbocycles. The molecule has 9 heavy (non-hydrogen) atoms. The Morgan fingerprint density at radius 2 is 2.44 bits per heavy atom. The lowest BCUT2D eigenvalue weighted by Crippen LogP contribution is -2.31. The number of hydrazine groups is 1. The van der Waals surface area contributed by atoms with Crippen molar-refractivity contribution in [2.75, 3.05) is 13.6 Å². The molecule has 0 spiro atoms. The number of hydrogen-bond acceptors (Lipinski definition) is 3. The van der Waals surface area contributed by atoms with Crippen molar-refractivity contribution in [2.45, 2.75) is 13.0 Å². The van der Waals surface area contributed by atoms with E-state index in [2.05, 4.69) is 11.5 Å². The number of nitriles is 1. The van der Waals surface area contributed by atoms with Crippen LogP contribution >= 0.6 is 0 Å². The van der Waals surface area contributed by atoms with Crippen molar-refractivity contribution in [2.24, 2.45) is 5.92 Å². The molecular formula is C6H11N3. The highest BCUT2D eigenvalue weighted by Gasteiger charge is 2.26. The molecule has 1 aliphatic heterocycles. The van der Waals surface area contributed by atoms with Crippen LogP contribution in [-0.4, -0.2) is 24.6 Å². The quantitative estimate of drug-likeness (QED) is 0.494. The van der Waals surface area contributed by atoms with E-state index in [1.807, 2.05) is 19.0 Å². The van der Waals surface area contributed by atoms with Crippen molar-refractivity contribution in [3.05, 3.63) is 0 Å². The summed E-state index contributed by atoms with van der Waals surface area (Å²) in [6, 6.07) is 2.60. The lowest BCUT2D eigenvalue weighted by Gasteiger charge is -2.14. The van der Waals surface area contributed by atoms with Crippen molar-refractivity contribution >= 4 is 0 Å². The first-order valence-corrected chi connectivity index (χ1v) is 3.11.